The summed E-state index contributed by atoms with van der Waals surface area (Å²) in [6.07, 6.45) is 0. The fourth-order valence-electron chi connectivity index (χ4n) is 17.5. The van der Waals surface area contributed by atoms with E-state index >= 15 is 0 Å². The zero-order chi connectivity index (χ0) is 69.4. The Balaban J connectivity index is 0.744. The van der Waals surface area contributed by atoms with Crippen molar-refractivity contribution in [3.05, 3.63) is 346 Å². The van der Waals surface area contributed by atoms with E-state index in [4.69, 9.17) is 50.4 Å². The lowest BCUT2D eigenvalue weighted by Crippen LogP contribution is -2.20. The van der Waals surface area contributed by atoms with Crippen LogP contribution in [-0.4, -0.2) is 28.7 Å². The topological polar surface area (TPSA) is 53.5 Å². The maximum atomic E-state index is 7.06. The lowest BCUT2D eigenvalue weighted by molar-refractivity contribution is 1.07. The van der Waals surface area contributed by atoms with Crippen LogP contribution in [-0.2, 0) is 35.4 Å². The molecule has 3 atom stereocenters. The molecule has 0 amide bonds. The molecule has 492 valence electrons. The van der Waals surface area contributed by atoms with Crippen LogP contribution in [0.5, 0.6) is 0 Å². The molecule has 6 nitrogen and oxygen atoms in total. The molecule has 0 saturated carbocycles. The summed E-state index contributed by atoms with van der Waals surface area (Å²) in [5, 5.41) is 17.9. The molecule has 3 aliphatic rings. The minimum Gasteiger partial charge on any atom is -0.309 e. The van der Waals surface area contributed by atoms with Gasteiger partial charge in [-0.25, -0.2) is 15.0 Å². The second kappa shape index (κ2) is 23.1. The summed E-state index contributed by atoms with van der Waals surface area (Å²) in [6.45, 7) is 0. The van der Waals surface area contributed by atoms with Gasteiger partial charge in [-0.15, -0.1) is 0 Å². The Morgan fingerprint density at radius 3 is 0.771 bits per heavy atom. The number of nitrogens with zero attached hydrogens (tertiary/aromatic N) is 6. The number of rotatable bonds is 9. The van der Waals surface area contributed by atoms with E-state index < -0.39 is 18.1 Å². The van der Waals surface area contributed by atoms with Gasteiger partial charge in [0.1, 0.15) is 0 Å². The third-order valence-corrected chi connectivity index (χ3v) is 36.9. The fraction of sp³-hybridized carbons (Fsp3) is 0. The third kappa shape index (κ3) is 8.77. The van der Waals surface area contributed by atoms with Gasteiger partial charge in [0.05, 0.1) is 33.1 Å². The number of hydrogen-bond donors (Lipinski definition) is 0. The van der Waals surface area contributed by atoms with Crippen LogP contribution in [0.4, 0.5) is 0 Å². The van der Waals surface area contributed by atoms with Crippen molar-refractivity contribution in [2.24, 2.45) is 0 Å². The predicted molar refractivity (Wildman–Crippen MR) is 454 cm³/mol. The summed E-state index contributed by atoms with van der Waals surface area (Å²) < 4.78 is 7.23. The third-order valence-electron chi connectivity index (χ3n) is 22.1. The molecule has 0 spiro atoms. The highest BCUT2D eigenvalue weighted by Crippen LogP contribution is 2.57. The molecule has 22 rings (SSSR count). The van der Waals surface area contributed by atoms with Crippen molar-refractivity contribution >= 4 is 167 Å². The van der Waals surface area contributed by atoms with Crippen molar-refractivity contribution in [1.29, 1.82) is 0 Å². The molecule has 0 aliphatic carbocycles. The smallest absolute Gasteiger partial charge is 0.164 e. The van der Waals surface area contributed by atoms with Crippen LogP contribution in [0.2, 0.25) is 0 Å². The van der Waals surface area contributed by atoms with E-state index in [0.29, 0.717) is 17.5 Å². The molecule has 105 heavy (non-hydrogen) atoms. The van der Waals surface area contributed by atoms with Gasteiger partial charge in [0.2, 0.25) is 0 Å². The van der Waals surface area contributed by atoms with E-state index in [9.17, 15) is 0 Å². The van der Waals surface area contributed by atoms with Gasteiger partial charge in [0.25, 0.3) is 0 Å². The van der Waals surface area contributed by atoms with Gasteiger partial charge in [-0.05, 0) is 140 Å². The maximum Gasteiger partial charge on any atom is 0.164 e. The molecule has 0 fully saturated rings. The van der Waals surface area contributed by atoms with Crippen molar-refractivity contribution in [2.45, 2.75) is 0 Å². The monoisotopic (exact) mass is 1450 g/mol. The largest absolute Gasteiger partial charge is 0.309 e. The number of fused-ring (bicyclic) bond motifs is 18. The fourth-order valence-corrected chi connectivity index (χ4v) is 30.5. The van der Waals surface area contributed by atoms with Gasteiger partial charge in [-0.3, -0.25) is 0 Å². The van der Waals surface area contributed by atoms with Crippen LogP contribution in [0.1, 0.15) is 0 Å². The molecule has 3 aliphatic heterocycles. The van der Waals surface area contributed by atoms with E-state index in [-0.39, 0.29) is 0 Å². The molecule has 12 heteroatoms. The Morgan fingerprint density at radius 2 is 0.467 bits per heavy atom. The molecular weight excluding hydrogens is 1390 g/mol. The molecule has 0 saturated heterocycles. The Morgan fingerprint density at radius 1 is 0.200 bits per heavy atom. The van der Waals surface area contributed by atoms with E-state index in [2.05, 4.69) is 359 Å². The number of hydrogen-bond acceptors (Lipinski definition) is 6. The van der Waals surface area contributed by atoms with Gasteiger partial charge in [-0.2, -0.15) is 0 Å². The van der Waals surface area contributed by atoms with Crippen LogP contribution in [0.25, 0.3) is 150 Å². The van der Waals surface area contributed by atoms with Crippen molar-refractivity contribution in [2.75, 3.05) is 0 Å². The molecule has 4 aromatic heterocycles. The number of para-hydroxylation sites is 3. The Kier molecular flexibility index (Phi) is 13.4. The molecule has 0 N–H and O–H groups in total. The van der Waals surface area contributed by atoms with Crippen LogP contribution in [0.3, 0.4) is 0 Å². The van der Waals surface area contributed by atoms with Crippen molar-refractivity contribution in [3.8, 4) is 84.6 Å². The van der Waals surface area contributed by atoms with Gasteiger partial charge in [0.15, 0.2) is 17.5 Å². The quantitative estimate of drug-likeness (QED) is 0.134. The van der Waals surface area contributed by atoms with Gasteiger partial charge in [0, 0.05) is 116 Å². The summed E-state index contributed by atoms with van der Waals surface area (Å²) in [6, 6.07) is 118. The summed E-state index contributed by atoms with van der Waals surface area (Å²) in [5.41, 5.74) is 19.3. The second-order valence-corrected chi connectivity index (χ2v) is 40.6. The Bertz CT molecular complexity index is 6470. The van der Waals surface area contributed by atoms with E-state index in [1.807, 2.05) is 0 Å². The molecule has 15 aromatic carbocycles. The molecule has 0 bridgehead atoms. The van der Waals surface area contributed by atoms with Crippen LogP contribution < -0.4 is 47.7 Å². The first-order valence-corrected chi connectivity index (χ1v) is 43.7. The van der Waals surface area contributed by atoms with Crippen molar-refractivity contribution < 1.29 is 0 Å². The lowest BCUT2D eigenvalue weighted by Gasteiger charge is -2.20. The van der Waals surface area contributed by atoms with Crippen molar-refractivity contribution in [1.82, 2.24) is 28.7 Å². The standard InChI is InChI=1S/C93H57N6P3S3/c103-100(64-31-4-1-5-32-64)85-46-19-13-40-70(85)76-52-73-67-37-10-16-43-79(67)97(82(73)55-88(76)100)61-28-22-25-58(49-61)91-94-92(59-26-23-29-62(50-59)98-80-44-17-11-38-68(80)74-53-77-71-41-14-20-47-86(71)101(104,89(77)56-83(74)98)65-33-6-2-7-34-65)96-93(95-91)60-27-24-30-63(51-60)99-81-45-18-12-39-69(81)75-54-78-72-42-15-21-48-87(72)102(105,90(78)57-84(75)99)66-35-8-3-9-36-66/h1-57H. The molecule has 0 radical (unpaired) electrons. The van der Waals surface area contributed by atoms with Gasteiger partial charge in [-0.1, -0.05) is 290 Å². The first-order valence-electron chi connectivity index (χ1n) is 35.3. The van der Waals surface area contributed by atoms with E-state index in [0.717, 1.165) is 66.9 Å². The second-order valence-electron chi connectivity index (χ2n) is 27.6. The van der Waals surface area contributed by atoms with Crippen LogP contribution >= 0.6 is 18.1 Å². The van der Waals surface area contributed by atoms with Crippen LogP contribution in [0.15, 0.2) is 346 Å². The molecular formula is C93H57N6P3S3. The first-order chi connectivity index (χ1) is 51.7. The van der Waals surface area contributed by atoms with E-state index in [1.165, 1.54) is 113 Å². The minimum absolute atomic E-state index is 0.543. The molecule has 19 aromatic rings. The SMILES string of the molecule is S=P1(c2ccccc2)c2ccccc2-c2cc3c4ccccc4n(-c4cccc(-c5nc(-c6cccc(-n7c8ccccc8c8cc9c(cc87)P(=S)(c7ccccc7)c7ccccc7-9)c6)nc(-c6cccc(-n7c8ccccc8c8cc9c(cc87)P(=S)(c7ccccc7)c7ccccc7-9)c6)n5)c4)c3cc21. The summed E-state index contributed by atoms with van der Waals surface area (Å²) >= 11 is 21.2. The average Bonchev–Trinajstić information content (AvgIpc) is 1.55. The maximum absolute atomic E-state index is 7.06. The van der Waals surface area contributed by atoms with Gasteiger partial charge < -0.3 is 13.7 Å². The zero-order valence-electron chi connectivity index (χ0n) is 56.2. The van der Waals surface area contributed by atoms with Gasteiger partial charge >= 0.3 is 0 Å². The Labute approximate surface area is 620 Å². The Hall–Kier alpha value is -11.3. The molecule has 3 unspecified atom stereocenters. The number of benzene rings is 15. The zero-order valence-corrected chi connectivity index (χ0v) is 61.3. The van der Waals surface area contributed by atoms with Crippen molar-refractivity contribution in [3.63, 3.8) is 0 Å². The summed E-state index contributed by atoms with van der Waals surface area (Å²) in [7, 11) is 0. The first kappa shape index (κ1) is 61.2. The number of aromatic nitrogens is 6. The van der Waals surface area contributed by atoms with Crippen LogP contribution in [0, 0.1) is 0 Å². The predicted octanol–water partition coefficient (Wildman–Crippen LogP) is 19.4. The molecule has 7 heterocycles. The normalized spacial score (nSPS) is 16.8. The average molecular weight is 1450 g/mol. The summed E-state index contributed by atoms with van der Waals surface area (Å²) in [5.74, 6) is 1.63. The highest BCUT2D eigenvalue weighted by molar-refractivity contribution is 8.27. The highest BCUT2D eigenvalue weighted by Gasteiger charge is 2.41. The highest BCUT2D eigenvalue weighted by atomic mass is 32.4. The lowest BCUT2D eigenvalue weighted by atomic mass is 10.0. The van der Waals surface area contributed by atoms with E-state index in [1.54, 1.807) is 0 Å². The summed E-state index contributed by atoms with van der Waals surface area (Å²) in [4.78, 5) is 16.8. The minimum atomic E-state index is -2.46.